The molecule has 3 N–H and O–H groups in total. The second kappa shape index (κ2) is 2.84. The van der Waals surface area contributed by atoms with Crippen LogP contribution in [0.1, 0.15) is 13.8 Å². The zero-order valence-corrected chi connectivity index (χ0v) is 8.74. The summed E-state index contributed by atoms with van der Waals surface area (Å²) in [7, 11) is 0. The van der Waals surface area contributed by atoms with Gasteiger partial charge in [0.25, 0.3) is 0 Å². The van der Waals surface area contributed by atoms with Crippen molar-refractivity contribution in [2.45, 2.75) is 24.3 Å². The molecule has 1 heterocycles. The highest BCUT2D eigenvalue weighted by Crippen LogP contribution is 2.40. The van der Waals surface area contributed by atoms with Gasteiger partial charge < -0.3 is 11.1 Å². The summed E-state index contributed by atoms with van der Waals surface area (Å²) in [4.78, 5) is 1.26. The van der Waals surface area contributed by atoms with Gasteiger partial charge >= 0.3 is 0 Å². The Morgan fingerprint density at radius 1 is 1.46 bits per heavy atom. The topological polar surface area (TPSA) is 38.0 Å². The third-order valence-electron chi connectivity index (χ3n) is 2.11. The van der Waals surface area contributed by atoms with E-state index in [-0.39, 0.29) is 5.54 Å². The quantitative estimate of drug-likeness (QED) is 0.623. The number of anilines is 2. The van der Waals surface area contributed by atoms with E-state index in [2.05, 4.69) is 25.2 Å². The molecule has 0 saturated carbocycles. The lowest BCUT2D eigenvalue weighted by molar-refractivity contribution is 0.638. The van der Waals surface area contributed by atoms with Crippen molar-refractivity contribution in [1.29, 1.82) is 0 Å². The maximum absolute atomic E-state index is 5.89. The van der Waals surface area contributed by atoms with Crippen LogP contribution in [-0.4, -0.2) is 11.3 Å². The van der Waals surface area contributed by atoms with Crippen LogP contribution in [-0.2, 0) is 0 Å². The second-order valence-electron chi connectivity index (χ2n) is 4.02. The maximum Gasteiger partial charge on any atom is 0.0716 e. The molecule has 70 valence electrons. The van der Waals surface area contributed by atoms with Gasteiger partial charge in [-0.2, -0.15) is 0 Å². The number of rotatable bonds is 0. The van der Waals surface area contributed by atoms with Crippen molar-refractivity contribution >= 4 is 23.1 Å². The van der Waals surface area contributed by atoms with Crippen LogP contribution in [0.25, 0.3) is 0 Å². The maximum atomic E-state index is 5.89. The first-order valence-electron chi connectivity index (χ1n) is 4.38. The summed E-state index contributed by atoms with van der Waals surface area (Å²) < 4.78 is 0. The fraction of sp³-hybridized carbons (Fsp3) is 0.400. The Balaban J connectivity index is 2.44. The van der Waals surface area contributed by atoms with E-state index in [0.29, 0.717) is 0 Å². The summed E-state index contributed by atoms with van der Waals surface area (Å²) in [5.74, 6) is 1.09. The standard InChI is InChI=1S/C10H14N2S/c1-10(2)6-13-8-5-3-4-7(11)9(8)12-10/h3-5,12H,6,11H2,1-2H3. The zero-order chi connectivity index (χ0) is 9.47. The molecule has 0 radical (unpaired) electrons. The molecule has 0 spiro atoms. The van der Waals surface area contributed by atoms with Crippen molar-refractivity contribution in [2.24, 2.45) is 0 Å². The molecule has 0 atom stereocenters. The van der Waals surface area contributed by atoms with Crippen LogP contribution >= 0.6 is 11.8 Å². The van der Waals surface area contributed by atoms with Crippen molar-refractivity contribution in [3.05, 3.63) is 18.2 Å². The van der Waals surface area contributed by atoms with Gasteiger partial charge in [-0.1, -0.05) is 6.07 Å². The van der Waals surface area contributed by atoms with Crippen molar-refractivity contribution < 1.29 is 0 Å². The van der Waals surface area contributed by atoms with Crippen LogP contribution in [0.15, 0.2) is 23.1 Å². The van der Waals surface area contributed by atoms with Gasteiger partial charge in [0.1, 0.15) is 0 Å². The number of nitrogen functional groups attached to an aromatic ring is 1. The SMILES string of the molecule is CC1(C)CSc2cccc(N)c2N1. The van der Waals surface area contributed by atoms with E-state index < -0.39 is 0 Å². The van der Waals surface area contributed by atoms with Crippen LogP contribution in [0.2, 0.25) is 0 Å². The predicted molar refractivity (Wildman–Crippen MR) is 59.3 cm³/mol. The van der Waals surface area contributed by atoms with E-state index >= 15 is 0 Å². The van der Waals surface area contributed by atoms with Gasteiger partial charge in [-0.3, -0.25) is 0 Å². The van der Waals surface area contributed by atoms with Gasteiger partial charge in [0, 0.05) is 16.2 Å². The Morgan fingerprint density at radius 3 is 3.00 bits per heavy atom. The van der Waals surface area contributed by atoms with Gasteiger partial charge in [0.2, 0.25) is 0 Å². The molecule has 0 amide bonds. The molecule has 2 rings (SSSR count). The van der Waals surface area contributed by atoms with Gasteiger partial charge in [-0.25, -0.2) is 0 Å². The summed E-state index contributed by atoms with van der Waals surface area (Å²) in [6.45, 7) is 4.38. The fourth-order valence-electron chi connectivity index (χ4n) is 1.43. The predicted octanol–water partition coefficient (Wildman–Crippen LogP) is 2.56. The summed E-state index contributed by atoms with van der Waals surface area (Å²) in [5, 5.41) is 3.46. The fourth-order valence-corrected chi connectivity index (χ4v) is 2.51. The van der Waals surface area contributed by atoms with E-state index in [0.717, 1.165) is 17.1 Å². The normalized spacial score (nSPS) is 18.9. The molecule has 0 fully saturated rings. The number of hydrogen-bond acceptors (Lipinski definition) is 3. The smallest absolute Gasteiger partial charge is 0.0716 e. The highest BCUT2D eigenvalue weighted by Gasteiger charge is 2.25. The third-order valence-corrected chi connectivity index (χ3v) is 3.63. The molecular weight excluding hydrogens is 180 g/mol. The molecule has 1 aliphatic rings. The third kappa shape index (κ3) is 1.61. The lowest BCUT2D eigenvalue weighted by atomic mass is 10.1. The van der Waals surface area contributed by atoms with Gasteiger partial charge in [-0.15, -0.1) is 11.8 Å². The van der Waals surface area contributed by atoms with E-state index in [4.69, 9.17) is 5.73 Å². The lowest BCUT2D eigenvalue weighted by Crippen LogP contribution is -2.36. The summed E-state index contributed by atoms with van der Waals surface area (Å²) in [5.41, 5.74) is 7.98. The second-order valence-corrected chi connectivity index (χ2v) is 5.04. The Hall–Kier alpha value is -0.830. The molecular formula is C10H14N2S. The minimum Gasteiger partial charge on any atom is -0.397 e. The highest BCUT2D eigenvalue weighted by molar-refractivity contribution is 7.99. The first kappa shape index (κ1) is 8.75. The minimum atomic E-state index is 0.146. The lowest BCUT2D eigenvalue weighted by Gasteiger charge is -2.33. The molecule has 1 aromatic rings. The van der Waals surface area contributed by atoms with Gasteiger partial charge in [0.15, 0.2) is 0 Å². The molecule has 0 unspecified atom stereocenters. The minimum absolute atomic E-state index is 0.146. The molecule has 0 bridgehead atoms. The first-order chi connectivity index (χ1) is 6.08. The average Bonchev–Trinajstić information content (AvgIpc) is 2.06. The van der Waals surface area contributed by atoms with E-state index in [1.807, 2.05) is 23.9 Å². The van der Waals surface area contributed by atoms with Crippen molar-refractivity contribution in [3.63, 3.8) is 0 Å². The highest BCUT2D eigenvalue weighted by atomic mass is 32.2. The Bertz CT molecular complexity index is 334. The molecule has 2 nitrogen and oxygen atoms in total. The summed E-state index contributed by atoms with van der Waals surface area (Å²) in [6, 6.07) is 6.05. The summed E-state index contributed by atoms with van der Waals surface area (Å²) in [6.07, 6.45) is 0. The first-order valence-corrected chi connectivity index (χ1v) is 5.36. The number of hydrogen-bond donors (Lipinski definition) is 2. The Morgan fingerprint density at radius 2 is 2.23 bits per heavy atom. The van der Waals surface area contributed by atoms with Crippen LogP contribution in [0.4, 0.5) is 11.4 Å². The Kier molecular flexibility index (Phi) is 1.91. The van der Waals surface area contributed by atoms with Crippen molar-refractivity contribution in [2.75, 3.05) is 16.8 Å². The molecule has 0 saturated heterocycles. The average molecular weight is 194 g/mol. The molecule has 1 aromatic carbocycles. The van der Waals surface area contributed by atoms with Crippen molar-refractivity contribution in [1.82, 2.24) is 0 Å². The molecule has 0 aromatic heterocycles. The van der Waals surface area contributed by atoms with E-state index in [1.165, 1.54) is 4.90 Å². The summed E-state index contributed by atoms with van der Waals surface area (Å²) >= 11 is 1.87. The molecule has 13 heavy (non-hydrogen) atoms. The van der Waals surface area contributed by atoms with Crippen LogP contribution < -0.4 is 11.1 Å². The zero-order valence-electron chi connectivity index (χ0n) is 7.92. The van der Waals surface area contributed by atoms with E-state index in [9.17, 15) is 0 Å². The number of benzene rings is 1. The monoisotopic (exact) mass is 194 g/mol. The largest absolute Gasteiger partial charge is 0.397 e. The Labute approximate surface area is 82.9 Å². The molecule has 1 aliphatic heterocycles. The van der Waals surface area contributed by atoms with Crippen LogP contribution in [0, 0.1) is 0 Å². The number of nitrogens with one attached hydrogen (secondary N) is 1. The number of thioether (sulfide) groups is 1. The number of nitrogens with two attached hydrogens (primary N) is 1. The number of fused-ring (bicyclic) bond motifs is 1. The van der Waals surface area contributed by atoms with Gasteiger partial charge in [-0.05, 0) is 26.0 Å². The van der Waals surface area contributed by atoms with Crippen LogP contribution in [0.3, 0.4) is 0 Å². The molecule has 3 heteroatoms. The van der Waals surface area contributed by atoms with Gasteiger partial charge in [0.05, 0.1) is 11.4 Å². The molecule has 0 aliphatic carbocycles. The van der Waals surface area contributed by atoms with Crippen LogP contribution in [0.5, 0.6) is 0 Å². The van der Waals surface area contributed by atoms with Crippen molar-refractivity contribution in [3.8, 4) is 0 Å². The number of para-hydroxylation sites is 1. The van der Waals surface area contributed by atoms with E-state index in [1.54, 1.807) is 0 Å².